The molecule has 1 saturated heterocycles. The van der Waals surface area contributed by atoms with Crippen LogP contribution in [-0.4, -0.2) is 47.3 Å². The van der Waals surface area contributed by atoms with Gasteiger partial charge in [-0.2, -0.15) is 5.10 Å². The molecule has 164 valence electrons. The molecular weight excluding hydrogens is 372 g/mol. The molecule has 0 radical (unpaired) electrons. The molecule has 6 heteroatoms. The minimum Gasteiger partial charge on any atom is -0.356 e. The predicted molar refractivity (Wildman–Crippen MR) is 125 cm³/mol. The molecule has 3 rings (SSSR count). The second-order valence-corrected chi connectivity index (χ2v) is 8.61. The Morgan fingerprint density at radius 3 is 2.70 bits per heavy atom. The number of hydrogen-bond acceptors (Lipinski definition) is 3. The summed E-state index contributed by atoms with van der Waals surface area (Å²) in [7, 11) is 1.83. The summed E-state index contributed by atoms with van der Waals surface area (Å²) in [4.78, 5) is 6.98. The van der Waals surface area contributed by atoms with Crippen molar-refractivity contribution >= 4 is 5.96 Å². The van der Waals surface area contributed by atoms with E-state index in [1.54, 1.807) is 0 Å². The van der Waals surface area contributed by atoms with Crippen molar-refractivity contribution in [3.05, 3.63) is 52.8 Å². The van der Waals surface area contributed by atoms with Gasteiger partial charge in [-0.1, -0.05) is 31.2 Å². The van der Waals surface area contributed by atoms with Crippen LogP contribution in [0.1, 0.15) is 48.7 Å². The first-order valence-electron chi connectivity index (χ1n) is 11.3. The number of guanidine groups is 1. The van der Waals surface area contributed by atoms with E-state index in [9.17, 15) is 0 Å². The fourth-order valence-corrected chi connectivity index (χ4v) is 4.29. The number of nitrogens with zero attached hydrogens (tertiary/aromatic N) is 4. The molecule has 0 amide bonds. The number of benzene rings is 1. The van der Waals surface area contributed by atoms with Gasteiger partial charge in [-0.05, 0) is 62.8 Å². The smallest absolute Gasteiger partial charge is 0.191 e. The van der Waals surface area contributed by atoms with Crippen molar-refractivity contribution in [3.8, 4) is 0 Å². The average molecular weight is 411 g/mol. The topological polar surface area (TPSA) is 57.5 Å². The van der Waals surface area contributed by atoms with Gasteiger partial charge in [0.1, 0.15) is 0 Å². The second kappa shape index (κ2) is 11.2. The van der Waals surface area contributed by atoms with Crippen LogP contribution in [0.25, 0.3) is 0 Å². The zero-order valence-electron chi connectivity index (χ0n) is 19.1. The van der Waals surface area contributed by atoms with Crippen molar-refractivity contribution in [1.82, 2.24) is 25.3 Å². The highest BCUT2D eigenvalue weighted by Crippen LogP contribution is 2.19. The maximum atomic E-state index is 4.52. The Bertz CT molecular complexity index is 825. The van der Waals surface area contributed by atoms with Crippen molar-refractivity contribution in [2.24, 2.45) is 10.9 Å². The minimum absolute atomic E-state index is 0.788. The lowest BCUT2D eigenvalue weighted by atomic mass is 9.99. The molecule has 1 fully saturated rings. The highest BCUT2D eigenvalue weighted by atomic mass is 15.3. The van der Waals surface area contributed by atoms with E-state index in [1.807, 2.05) is 14.0 Å². The second-order valence-electron chi connectivity index (χ2n) is 8.61. The zero-order chi connectivity index (χ0) is 21.3. The SMILES string of the molecule is CN=C(NCCCn1nc(C)cc1C)NCc1ccccc1CN1CCCC(C)C1. The summed E-state index contributed by atoms with van der Waals surface area (Å²) in [5, 5.41) is 11.4. The van der Waals surface area contributed by atoms with Crippen LogP contribution in [0.3, 0.4) is 0 Å². The van der Waals surface area contributed by atoms with Gasteiger partial charge in [-0.25, -0.2) is 0 Å². The van der Waals surface area contributed by atoms with Crippen LogP contribution in [0.15, 0.2) is 35.3 Å². The van der Waals surface area contributed by atoms with Gasteiger partial charge in [0.15, 0.2) is 5.96 Å². The molecule has 30 heavy (non-hydrogen) atoms. The molecule has 0 bridgehead atoms. The zero-order valence-corrected chi connectivity index (χ0v) is 19.1. The summed E-state index contributed by atoms with van der Waals surface area (Å²) in [5.74, 6) is 1.66. The Hall–Kier alpha value is -2.34. The predicted octanol–water partition coefficient (Wildman–Crippen LogP) is 3.49. The molecule has 0 saturated carbocycles. The number of aromatic nitrogens is 2. The molecule has 2 N–H and O–H groups in total. The van der Waals surface area contributed by atoms with Gasteiger partial charge < -0.3 is 10.6 Å². The van der Waals surface area contributed by atoms with Crippen LogP contribution in [0.4, 0.5) is 0 Å². The van der Waals surface area contributed by atoms with Gasteiger partial charge >= 0.3 is 0 Å². The van der Waals surface area contributed by atoms with Gasteiger partial charge in [0.2, 0.25) is 0 Å². The quantitative estimate of drug-likeness (QED) is 0.397. The van der Waals surface area contributed by atoms with Gasteiger partial charge in [0.05, 0.1) is 5.69 Å². The molecule has 1 aliphatic heterocycles. The van der Waals surface area contributed by atoms with Crippen LogP contribution in [-0.2, 0) is 19.6 Å². The number of rotatable bonds is 8. The largest absolute Gasteiger partial charge is 0.356 e. The van der Waals surface area contributed by atoms with Crippen molar-refractivity contribution in [2.45, 2.75) is 59.7 Å². The Morgan fingerprint density at radius 2 is 2.00 bits per heavy atom. The third-order valence-electron chi connectivity index (χ3n) is 5.87. The molecule has 1 aromatic carbocycles. The van der Waals surface area contributed by atoms with Gasteiger partial charge in [0, 0.05) is 45.5 Å². The van der Waals surface area contributed by atoms with Crippen LogP contribution in [0.2, 0.25) is 0 Å². The Labute approximate surface area is 181 Å². The molecule has 2 heterocycles. The third kappa shape index (κ3) is 6.59. The van der Waals surface area contributed by atoms with Crippen LogP contribution in [0, 0.1) is 19.8 Å². The summed E-state index contributed by atoms with van der Waals surface area (Å²) in [5.41, 5.74) is 5.06. The number of nitrogens with one attached hydrogen (secondary N) is 2. The van der Waals surface area contributed by atoms with Gasteiger partial charge in [-0.15, -0.1) is 0 Å². The lowest BCUT2D eigenvalue weighted by molar-refractivity contribution is 0.176. The van der Waals surface area contributed by atoms with Crippen molar-refractivity contribution in [2.75, 3.05) is 26.7 Å². The molecule has 1 aliphatic rings. The summed E-state index contributed by atoms with van der Waals surface area (Å²) in [6, 6.07) is 10.9. The molecule has 2 aromatic rings. The first kappa shape index (κ1) is 22.3. The monoisotopic (exact) mass is 410 g/mol. The van der Waals surface area contributed by atoms with E-state index in [0.717, 1.165) is 50.2 Å². The van der Waals surface area contributed by atoms with Crippen molar-refractivity contribution in [1.29, 1.82) is 0 Å². The minimum atomic E-state index is 0.788. The van der Waals surface area contributed by atoms with Crippen LogP contribution < -0.4 is 10.6 Å². The summed E-state index contributed by atoms with van der Waals surface area (Å²) >= 11 is 0. The molecule has 1 atom stereocenters. The van der Waals surface area contributed by atoms with Crippen LogP contribution in [0.5, 0.6) is 0 Å². The van der Waals surface area contributed by atoms with E-state index in [0.29, 0.717) is 0 Å². The van der Waals surface area contributed by atoms with Crippen LogP contribution >= 0.6 is 0 Å². The number of hydrogen-bond donors (Lipinski definition) is 2. The highest BCUT2D eigenvalue weighted by molar-refractivity contribution is 5.79. The molecule has 1 unspecified atom stereocenters. The van der Waals surface area contributed by atoms with E-state index in [-0.39, 0.29) is 0 Å². The fourth-order valence-electron chi connectivity index (χ4n) is 4.29. The van der Waals surface area contributed by atoms with Gasteiger partial charge in [-0.3, -0.25) is 14.6 Å². The van der Waals surface area contributed by atoms with E-state index in [4.69, 9.17) is 0 Å². The summed E-state index contributed by atoms with van der Waals surface area (Å²) < 4.78 is 2.07. The fraction of sp³-hybridized carbons (Fsp3) is 0.583. The first-order valence-corrected chi connectivity index (χ1v) is 11.3. The first-order chi connectivity index (χ1) is 14.5. The maximum absolute atomic E-state index is 4.52. The van der Waals surface area contributed by atoms with E-state index in [2.05, 4.69) is 74.5 Å². The normalized spacial score (nSPS) is 17.9. The maximum Gasteiger partial charge on any atom is 0.191 e. The lowest BCUT2D eigenvalue weighted by Gasteiger charge is -2.31. The molecule has 1 aromatic heterocycles. The third-order valence-corrected chi connectivity index (χ3v) is 5.87. The number of piperidine rings is 1. The number of aliphatic imine (C=N–C) groups is 1. The summed E-state index contributed by atoms with van der Waals surface area (Å²) in [6.45, 7) is 12.5. The number of aryl methyl sites for hydroxylation is 3. The van der Waals surface area contributed by atoms with Crippen molar-refractivity contribution in [3.63, 3.8) is 0 Å². The molecule has 0 spiro atoms. The van der Waals surface area contributed by atoms with Crippen molar-refractivity contribution < 1.29 is 0 Å². The Morgan fingerprint density at radius 1 is 1.20 bits per heavy atom. The molecular formula is C24H38N6. The Kier molecular flexibility index (Phi) is 8.31. The lowest BCUT2D eigenvalue weighted by Crippen LogP contribution is -2.38. The van der Waals surface area contributed by atoms with E-state index >= 15 is 0 Å². The average Bonchev–Trinajstić information content (AvgIpc) is 3.05. The standard InChI is InChI=1S/C24H38N6/c1-19-9-7-13-29(17-19)18-23-11-6-5-10-22(23)16-27-24(25-4)26-12-8-14-30-21(3)15-20(2)28-30/h5-6,10-11,15,19H,7-9,12-14,16-18H2,1-4H3,(H2,25,26,27). The molecule has 0 aliphatic carbocycles. The summed E-state index contributed by atoms with van der Waals surface area (Å²) in [6.07, 6.45) is 3.68. The van der Waals surface area contributed by atoms with E-state index in [1.165, 1.54) is 42.8 Å². The van der Waals surface area contributed by atoms with E-state index < -0.39 is 0 Å². The molecule has 6 nitrogen and oxygen atoms in total. The Balaban J connectivity index is 1.46. The number of likely N-dealkylation sites (tertiary alicyclic amines) is 1. The van der Waals surface area contributed by atoms with Gasteiger partial charge in [0.25, 0.3) is 0 Å². The highest BCUT2D eigenvalue weighted by Gasteiger charge is 2.17.